The fourth-order valence-corrected chi connectivity index (χ4v) is 2.15. The van der Waals surface area contributed by atoms with Crippen molar-refractivity contribution in [3.8, 4) is 11.5 Å². The van der Waals surface area contributed by atoms with Crippen LogP contribution in [-0.4, -0.2) is 19.1 Å². The van der Waals surface area contributed by atoms with E-state index in [9.17, 15) is 18.0 Å². The highest BCUT2D eigenvalue weighted by Crippen LogP contribution is 2.19. The number of hydrogen-bond donors (Lipinski definition) is 1. The minimum absolute atomic E-state index is 0.0423. The molecule has 1 atom stereocenters. The molecule has 7 heteroatoms. The Morgan fingerprint density at radius 1 is 1.12 bits per heavy atom. The van der Waals surface area contributed by atoms with E-state index < -0.39 is 12.4 Å². The lowest BCUT2D eigenvalue weighted by Crippen LogP contribution is -2.27. The van der Waals surface area contributed by atoms with E-state index in [-0.39, 0.29) is 36.5 Å². The second kappa shape index (κ2) is 8.96. The van der Waals surface area contributed by atoms with Crippen molar-refractivity contribution < 1.29 is 27.4 Å². The first-order valence-corrected chi connectivity index (χ1v) is 7.67. The number of hydrogen-bond acceptors (Lipinski definition) is 3. The van der Waals surface area contributed by atoms with E-state index in [4.69, 9.17) is 4.74 Å². The topological polar surface area (TPSA) is 47.6 Å². The lowest BCUT2D eigenvalue weighted by atomic mass is 10.1. The van der Waals surface area contributed by atoms with Gasteiger partial charge in [-0.05, 0) is 36.8 Å². The Kier molecular flexibility index (Phi) is 6.68. The summed E-state index contributed by atoms with van der Waals surface area (Å²) in [6.07, 6.45) is 0.0608. The first-order valence-electron chi connectivity index (χ1n) is 7.67. The summed E-state index contributed by atoms with van der Waals surface area (Å²) in [5, 5.41) is 2.76. The van der Waals surface area contributed by atoms with Crippen LogP contribution in [0.15, 0.2) is 48.5 Å². The number of nitrogens with one attached hydrogen (secondary N) is 1. The molecule has 0 aliphatic carbocycles. The summed E-state index contributed by atoms with van der Waals surface area (Å²) in [4.78, 5) is 11.9. The molecule has 0 spiro atoms. The number of ether oxygens (including phenoxy) is 2. The number of benzene rings is 2. The van der Waals surface area contributed by atoms with E-state index in [0.717, 1.165) is 5.56 Å². The average Bonchev–Trinajstić information content (AvgIpc) is 2.56. The highest BCUT2D eigenvalue weighted by atomic mass is 19.3. The van der Waals surface area contributed by atoms with Crippen molar-refractivity contribution in [2.75, 3.05) is 6.61 Å². The fraction of sp³-hybridized carbons (Fsp3) is 0.278. The molecule has 2 rings (SSSR count). The smallest absolute Gasteiger partial charge is 0.387 e. The third kappa shape index (κ3) is 6.02. The molecule has 2 aromatic rings. The number of carbonyl (C=O) groups excluding carboxylic acids is 1. The zero-order chi connectivity index (χ0) is 18.2. The van der Waals surface area contributed by atoms with E-state index in [1.165, 1.54) is 24.3 Å². The Balaban J connectivity index is 1.78. The molecule has 0 heterocycles. The minimum Gasteiger partial charge on any atom is -0.490 e. The molecule has 0 bridgehead atoms. The van der Waals surface area contributed by atoms with Gasteiger partial charge in [-0.1, -0.05) is 24.3 Å². The third-order valence-corrected chi connectivity index (χ3v) is 3.41. The van der Waals surface area contributed by atoms with E-state index in [2.05, 4.69) is 10.1 Å². The summed E-state index contributed by atoms with van der Waals surface area (Å²) >= 11 is 0. The summed E-state index contributed by atoms with van der Waals surface area (Å²) in [6, 6.07) is 11.6. The maximum absolute atomic E-state index is 13.4. The highest BCUT2D eigenvalue weighted by Gasteiger charge is 2.11. The van der Waals surface area contributed by atoms with Gasteiger partial charge in [0.15, 0.2) is 11.6 Å². The van der Waals surface area contributed by atoms with Crippen LogP contribution >= 0.6 is 0 Å². The number of amides is 1. The first-order chi connectivity index (χ1) is 12.0. The van der Waals surface area contributed by atoms with Crippen LogP contribution in [0, 0.1) is 5.82 Å². The molecule has 0 fully saturated rings. The van der Waals surface area contributed by atoms with Crippen molar-refractivity contribution >= 4 is 5.91 Å². The van der Waals surface area contributed by atoms with Crippen molar-refractivity contribution in [1.29, 1.82) is 0 Å². The number of rotatable bonds is 8. The molecule has 2 aromatic carbocycles. The molecule has 134 valence electrons. The van der Waals surface area contributed by atoms with Crippen LogP contribution in [0.4, 0.5) is 13.2 Å². The van der Waals surface area contributed by atoms with Crippen LogP contribution < -0.4 is 14.8 Å². The van der Waals surface area contributed by atoms with E-state index >= 15 is 0 Å². The highest BCUT2D eigenvalue weighted by molar-refractivity contribution is 5.76. The van der Waals surface area contributed by atoms with Gasteiger partial charge in [0.25, 0.3) is 0 Å². The molecule has 0 saturated carbocycles. The lowest BCUT2D eigenvalue weighted by molar-refractivity contribution is -0.122. The van der Waals surface area contributed by atoms with Gasteiger partial charge in [-0.25, -0.2) is 4.39 Å². The zero-order valence-electron chi connectivity index (χ0n) is 13.5. The molecule has 0 saturated heterocycles. The van der Waals surface area contributed by atoms with Gasteiger partial charge in [-0.2, -0.15) is 8.78 Å². The fourth-order valence-electron chi connectivity index (χ4n) is 2.15. The molecule has 0 radical (unpaired) electrons. The molecule has 1 unspecified atom stereocenters. The maximum atomic E-state index is 13.4. The number of alkyl halides is 2. The minimum atomic E-state index is -2.88. The number of para-hydroxylation sites is 1. The molecule has 25 heavy (non-hydrogen) atoms. The summed E-state index contributed by atoms with van der Waals surface area (Å²) in [6.45, 7) is -1.07. The Hall–Kier alpha value is -2.70. The van der Waals surface area contributed by atoms with Gasteiger partial charge < -0.3 is 14.8 Å². The monoisotopic (exact) mass is 353 g/mol. The molecule has 1 amide bonds. The Labute approximate surface area is 143 Å². The first kappa shape index (κ1) is 18.6. The van der Waals surface area contributed by atoms with Crippen LogP contribution in [0.25, 0.3) is 0 Å². The van der Waals surface area contributed by atoms with Crippen molar-refractivity contribution in [3.05, 3.63) is 59.9 Å². The second-order valence-corrected chi connectivity index (χ2v) is 5.27. The van der Waals surface area contributed by atoms with Crippen LogP contribution in [-0.2, 0) is 4.79 Å². The molecular formula is C18H18F3NO3. The Morgan fingerprint density at radius 3 is 2.44 bits per heavy atom. The standard InChI is InChI=1S/C18H18F3NO3/c1-12(13-6-8-14(9-7-13)25-18(20)21)22-17(23)10-11-24-16-5-3-2-4-15(16)19/h2-9,12,18H,10-11H2,1H3,(H,22,23). The third-order valence-electron chi connectivity index (χ3n) is 3.41. The van der Waals surface area contributed by atoms with Gasteiger partial charge in [-0.15, -0.1) is 0 Å². The van der Waals surface area contributed by atoms with Crippen molar-refractivity contribution in [2.24, 2.45) is 0 Å². The van der Waals surface area contributed by atoms with Gasteiger partial charge in [0.1, 0.15) is 5.75 Å². The van der Waals surface area contributed by atoms with Crippen molar-refractivity contribution in [3.63, 3.8) is 0 Å². The summed E-state index contributed by atoms with van der Waals surface area (Å²) in [7, 11) is 0. The number of halogens is 3. The van der Waals surface area contributed by atoms with E-state index in [1.807, 2.05) is 0 Å². The van der Waals surface area contributed by atoms with Crippen LogP contribution in [0.3, 0.4) is 0 Å². The molecule has 4 nitrogen and oxygen atoms in total. The predicted molar refractivity (Wildman–Crippen MR) is 86.1 cm³/mol. The van der Waals surface area contributed by atoms with Crippen molar-refractivity contribution in [2.45, 2.75) is 26.0 Å². The van der Waals surface area contributed by atoms with Crippen LogP contribution in [0.5, 0.6) is 11.5 Å². The van der Waals surface area contributed by atoms with Gasteiger partial charge in [0.2, 0.25) is 5.91 Å². The Bertz CT molecular complexity index is 692. The molecular weight excluding hydrogens is 335 g/mol. The summed E-state index contributed by atoms with van der Waals surface area (Å²) < 4.78 is 47.1. The van der Waals surface area contributed by atoms with Crippen molar-refractivity contribution in [1.82, 2.24) is 5.32 Å². The predicted octanol–water partition coefficient (Wildman–Crippen LogP) is 4.07. The van der Waals surface area contributed by atoms with E-state index in [1.54, 1.807) is 31.2 Å². The molecule has 0 aromatic heterocycles. The molecule has 0 aliphatic rings. The van der Waals surface area contributed by atoms with Crippen LogP contribution in [0.1, 0.15) is 24.9 Å². The van der Waals surface area contributed by atoms with Gasteiger partial charge in [-0.3, -0.25) is 4.79 Å². The Morgan fingerprint density at radius 2 is 1.80 bits per heavy atom. The molecule has 1 N–H and O–H groups in total. The van der Waals surface area contributed by atoms with Gasteiger partial charge in [0, 0.05) is 0 Å². The average molecular weight is 353 g/mol. The summed E-state index contributed by atoms with van der Waals surface area (Å²) in [5.41, 5.74) is 0.741. The van der Waals surface area contributed by atoms with Gasteiger partial charge in [0.05, 0.1) is 19.1 Å². The number of carbonyl (C=O) groups is 1. The zero-order valence-corrected chi connectivity index (χ0v) is 13.5. The van der Waals surface area contributed by atoms with E-state index in [0.29, 0.717) is 0 Å². The normalized spacial score (nSPS) is 11.9. The largest absolute Gasteiger partial charge is 0.490 e. The second-order valence-electron chi connectivity index (χ2n) is 5.27. The quantitative estimate of drug-likeness (QED) is 0.778. The summed E-state index contributed by atoms with van der Waals surface area (Å²) in [5.74, 6) is -0.604. The van der Waals surface area contributed by atoms with Gasteiger partial charge >= 0.3 is 6.61 Å². The lowest BCUT2D eigenvalue weighted by Gasteiger charge is -2.15. The van der Waals surface area contributed by atoms with Crippen LogP contribution in [0.2, 0.25) is 0 Å². The SMILES string of the molecule is CC(NC(=O)CCOc1ccccc1F)c1ccc(OC(F)F)cc1. The molecule has 0 aliphatic heterocycles. The maximum Gasteiger partial charge on any atom is 0.387 e.